The summed E-state index contributed by atoms with van der Waals surface area (Å²) in [5.74, 6) is 0.939. The molecule has 122 valence electrons. The molecule has 4 nitrogen and oxygen atoms in total. The molecule has 0 aliphatic rings. The van der Waals surface area contributed by atoms with Crippen molar-refractivity contribution in [1.82, 2.24) is 5.32 Å². The SMILES string of the molecule is C=CCC(COC(=O)NC(C)(C)C)c1ccc(OCC)cc1. The van der Waals surface area contributed by atoms with Crippen LogP contribution < -0.4 is 10.1 Å². The lowest BCUT2D eigenvalue weighted by atomic mass is 9.96. The van der Waals surface area contributed by atoms with E-state index in [1.165, 1.54) is 0 Å². The summed E-state index contributed by atoms with van der Waals surface area (Å²) in [5.41, 5.74) is 0.802. The molecule has 1 N–H and O–H groups in total. The lowest BCUT2D eigenvalue weighted by molar-refractivity contribution is 0.130. The average molecular weight is 305 g/mol. The van der Waals surface area contributed by atoms with Crippen LogP contribution in [-0.2, 0) is 4.74 Å². The van der Waals surface area contributed by atoms with Crippen LogP contribution in [0.5, 0.6) is 5.75 Å². The minimum Gasteiger partial charge on any atom is -0.494 e. The Balaban J connectivity index is 2.64. The normalized spacial score (nSPS) is 12.4. The van der Waals surface area contributed by atoms with E-state index in [1.807, 2.05) is 58.0 Å². The van der Waals surface area contributed by atoms with Crippen LogP contribution in [-0.4, -0.2) is 24.8 Å². The van der Waals surface area contributed by atoms with Gasteiger partial charge in [0.2, 0.25) is 0 Å². The van der Waals surface area contributed by atoms with Gasteiger partial charge in [-0.2, -0.15) is 0 Å². The summed E-state index contributed by atoms with van der Waals surface area (Å²) in [5, 5.41) is 2.79. The van der Waals surface area contributed by atoms with Gasteiger partial charge >= 0.3 is 6.09 Å². The molecule has 0 saturated carbocycles. The predicted molar refractivity (Wildman–Crippen MR) is 89.4 cm³/mol. The van der Waals surface area contributed by atoms with Gasteiger partial charge in [0, 0.05) is 11.5 Å². The summed E-state index contributed by atoms with van der Waals surface area (Å²) in [4.78, 5) is 11.8. The van der Waals surface area contributed by atoms with Crippen molar-refractivity contribution in [3.05, 3.63) is 42.5 Å². The number of benzene rings is 1. The maximum Gasteiger partial charge on any atom is 0.407 e. The summed E-state index contributed by atoms with van der Waals surface area (Å²) in [6, 6.07) is 7.88. The minimum atomic E-state index is -0.396. The molecule has 1 atom stereocenters. The molecule has 1 rings (SSSR count). The highest BCUT2D eigenvalue weighted by atomic mass is 16.5. The van der Waals surface area contributed by atoms with Gasteiger partial charge in [-0.3, -0.25) is 0 Å². The highest BCUT2D eigenvalue weighted by molar-refractivity contribution is 5.68. The number of amides is 1. The lowest BCUT2D eigenvalue weighted by Crippen LogP contribution is -2.41. The molecule has 1 aromatic rings. The van der Waals surface area contributed by atoms with E-state index < -0.39 is 6.09 Å². The quantitative estimate of drug-likeness (QED) is 0.765. The molecule has 1 unspecified atom stereocenters. The first-order valence-electron chi connectivity index (χ1n) is 7.64. The maximum atomic E-state index is 11.8. The predicted octanol–water partition coefficient (Wildman–Crippen LogP) is 4.27. The highest BCUT2D eigenvalue weighted by Gasteiger charge is 2.17. The van der Waals surface area contributed by atoms with Gasteiger partial charge in [-0.1, -0.05) is 18.2 Å². The van der Waals surface area contributed by atoms with Gasteiger partial charge in [-0.15, -0.1) is 6.58 Å². The topological polar surface area (TPSA) is 47.6 Å². The Kier molecular flexibility index (Phi) is 6.96. The van der Waals surface area contributed by atoms with E-state index in [4.69, 9.17) is 9.47 Å². The van der Waals surface area contributed by atoms with Crippen molar-refractivity contribution in [2.45, 2.75) is 45.6 Å². The van der Waals surface area contributed by atoms with E-state index in [1.54, 1.807) is 0 Å². The number of ether oxygens (including phenoxy) is 2. The largest absolute Gasteiger partial charge is 0.494 e. The van der Waals surface area contributed by atoms with E-state index >= 15 is 0 Å². The molecule has 0 bridgehead atoms. The van der Waals surface area contributed by atoms with E-state index in [2.05, 4.69) is 11.9 Å². The number of alkyl carbamates (subject to hydrolysis) is 1. The third-order valence-electron chi connectivity index (χ3n) is 3.01. The van der Waals surface area contributed by atoms with Gasteiger partial charge in [0.15, 0.2) is 0 Å². The molecule has 0 spiro atoms. The van der Waals surface area contributed by atoms with Crippen LogP contribution in [0.4, 0.5) is 4.79 Å². The van der Waals surface area contributed by atoms with Crippen molar-refractivity contribution in [3.63, 3.8) is 0 Å². The number of allylic oxidation sites excluding steroid dienone is 1. The van der Waals surface area contributed by atoms with Gasteiger partial charge in [-0.05, 0) is 51.8 Å². The Bertz CT molecular complexity index is 474. The third kappa shape index (κ3) is 6.66. The van der Waals surface area contributed by atoms with Gasteiger partial charge < -0.3 is 14.8 Å². The van der Waals surface area contributed by atoms with E-state index in [-0.39, 0.29) is 11.5 Å². The minimum absolute atomic E-state index is 0.0962. The number of hydrogen-bond donors (Lipinski definition) is 1. The number of carbonyl (C=O) groups excluding carboxylic acids is 1. The molecule has 0 aliphatic heterocycles. The second kappa shape index (κ2) is 8.47. The van der Waals surface area contributed by atoms with Gasteiger partial charge in [0.05, 0.1) is 6.61 Å². The standard InChI is InChI=1S/C18H27NO3/c1-6-8-15(13-22-17(20)19-18(3,4)5)14-9-11-16(12-10-14)21-7-2/h6,9-12,15H,1,7-8,13H2,2-5H3,(H,19,20). The zero-order valence-electron chi connectivity index (χ0n) is 14.0. The first-order chi connectivity index (χ1) is 10.4. The Hall–Kier alpha value is -1.97. The summed E-state index contributed by atoms with van der Waals surface area (Å²) in [6.07, 6.45) is 2.19. The van der Waals surface area contributed by atoms with E-state index in [9.17, 15) is 4.79 Å². The van der Waals surface area contributed by atoms with Crippen LogP contribution in [0, 0.1) is 0 Å². The molecular formula is C18H27NO3. The Morgan fingerprint density at radius 3 is 2.45 bits per heavy atom. The maximum absolute atomic E-state index is 11.8. The highest BCUT2D eigenvalue weighted by Crippen LogP contribution is 2.23. The van der Waals surface area contributed by atoms with E-state index in [0.717, 1.165) is 17.7 Å². The van der Waals surface area contributed by atoms with Crippen molar-refractivity contribution >= 4 is 6.09 Å². The summed E-state index contributed by atoms with van der Waals surface area (Å²) >= 11 is 0. The average Bonchev–Trinajstić information content (AvgIpc) is 2.43. The molecule has 22 heavy (non-hydrogen) atoms. The summed E-state index contributed by atoms with van der Waals surface area (Å²) in [7, 11) is 0. The third-order valence-corrected chi connectivity index (χ3v) is 3.01. The number of rotatable bonds is 7. The molecule has 4 heteroatoms. The molecule has 0 aliphatic carbocycles. The van der Waals surface area contributed by atoms with Gasteiger partial charge in [-0.25, -0.2) is 4.79 Å². The van der Waals surface area contributed by atoms with Crippen molar-refractivity contribution in [2.75, 3.05) is 13.2 Å². The van der Waals surface area contributed by atoms with Crippen molar-refractivity contribution in [2.24, 2.45) is 0 Å². The number of nitrogens with one attached hydrogen (secondary N) is 1. The molecule has 0 fully saturated rings. The molecule has 1 amide bonds. The zero-order chi connectivity index (χ0) is 16.6. The second-order valence-electron chi connectivity index (χ2n) is 6.20. The van der Waals surface area contributed by atoms with Gasteiger partial charge in [0.1, 0.15) is 12.4 Å². The monoisotopic (exact) mass is 305 g/mol. The van der Waals surface area contributed by atoms with Crippen molar-refractivity contribution in [3.8, 4) is 5.75 Å². The Morgan fingerprint density at radius 2 is 1.95 bits per heavy atom. The first-order valence-corrected chi connectivity index (χ1v) is 7.64. The van der Waals surface area contributed by atoms with Crippen LogP contribution in [0.3, 0.4) is 0 Å². The van der Waals surface area contributed by atoms with Crippen molar-refractivity contribution in [1.29, 1.82) is 0 Å². The zero-order valence-corrected chi connectivity index (χ0v) is 14.0. The smallest absolute Gasteiger partial charge is 0.407 e. The fraction of sp³-hybridized carbons (Fsp3) is 0.500. The number of hydrogen-bond acceptors (Lipinski definition) is 3. The molecule has 1 aromatic carbocycles. The molecular weight excluding hydrogens is 278 g/mol. The second-order valence-corrected chi connectivity index (χ2v) is 6.20. The summed E-state index contributed by atoms with van der Waals surface area (Å²) < 4.78 is 10.8. The molecule has 0 heterocycles. The van der Waals surface area contributed by atoms with Crippen LogP contribution in [0.1, 0.15) is 45.6 Å². The first kappa shape index (κ1) is 18.1. The lowest BCUT2D eigenvalue weighted by Gasteiger charge is -2.22. The van der Waals surface area contributed by atoms with Crippen LogP contribution in [0.15, 0.2) is 36.9 Å². The van der Waals surface area contributed by atoms with Crippen LogP contribution >= 0.6 is 0 Å². The van der Waals surface area contributed by atoms with E-state index in [0.29, 0.717) is 13.2 Å². The Morgan fingerprint density at radius 1 is 1.32 bits per heavy atom. The van der Waals surface area contributed by atoms with Crippen LogP contribution in [0.25, 0.3) is 0 Å². The Labute approximate surface area is 133 Å². The fourth-order valence-electron chi connectivity index (χ4n) is 2.02. The molecule has 0 saturated heterocycles. The van der Waals surface area contributed by atoms with Gasteiger partial charge in [0.25, 0.3) is 0 Å². The molecule has 0 aromatic heterocycles. The number of carbonyl (C=O) groups is 1. The summed E-state index contributed by atoms with van der Waals surface area (Å²) in [6.45, 7) is 12.5. The molecule has 0 radical (unpaired) electrons. The van der Waals surface area contributed by atoms with Crippen LogP contribution in [0.2, 0.25) is 0 Å². The van der Waals surface area contributed by atoms with Crippen molar-refractivity contribution < 1.29 is 14.3 Å². The fourth-order valence-corrected chi connectivity index (χ4v) is 2.02.